The van der Waals surface area contributed by atoms with Crippen LogP contribution in [0.1, 0.15) is 35.3 Å². The Kier molecular flexibility index (Phi) is 6.62. The van der Waals surface area contributed by atoms with Gasteiger partial charge < -0.3 is 9.64 Å². The molecule has 2 aromatic rings. The molecule has 0 radical (unpaired) electrons. The second-order valence-corrected chi connectivity index (χ2v) is 9.05. The smallest absolute Gasteiger partial charge is 0.293 e. The van der Waals surface area contributed by atoms with E-state index in [4.69, 9.17) is 4.74 Å². The molecule has 0 bridgehead atoms. The predicted octanol–water partition coefficient (Wildman–Crippen LogP) is 4.45. The van der Waals surface area contributed by atoms with Crippen LogP contribution in [0, 0.1) is 11.6 Å². The lowest BCUT2D eigenvalue weighted by atomic mass is 10.1. The van der Waals surface area contributed by atoms with Gasteiger partial charge in [-0.1, -0.05) is 18.2 Å². The third kappa shape index (κ3) is 4.99. The van der Waals surface area contributed by atoms with Crippen LogP contribution in [0.2, 0.25) is 0 Å². The highest BCUT2D eigenvalue weighted by atomic mass is 32.2. The number of benzene rings is 2. The molecule has 2 atom stereocenters. The molecule has 2 aliphatic heterocycles. The van der Waals surface area contributed by atoms with Crippen molar-refractivity contribution < 1.29 is 27.9 Å². The Morgan fingerprint density at radius 3 is 2.27 bits per heavy atom. The van der Waals surface area contributed by atoms with Gasteiger partial charge in [0, 0.05) is 24.2 Å². The molecular weight excluding hydrogens is 450 g/mol. The van der Waals surface area contributed by atoms with Crippen molar-refractivity contribution in [2.45, 2.75) is 32.6 Å². The first-order valence-electron chi connectivity index (χ1n) is 10.5. The zero-order chi connectivity index (χ0) is 23.7. The summed E-state index contributed by atoms with van der Waals surface area (Å²) in [5, 5.41) is -0.601. The number of imide groups is 1. The van der Waals surface area contributed by atoms with E-state index < -0.39 is 29.3 Å². The van der Waals surface area contributed by atoms with Crippen molar-refractivity contribution in [2.75, 3.05) is 13.1 Å². The summed E-state index contributed by atoms with van der Waals surface area (Å²) in [5.74, 6) is -2.36. The molecule has 0 N–H and O–H groups in total. The van der Waals surface area contributed by atoms with E-state index in [0.29, 0.717) is 36.0 Å². The highest BCUT2D eigenvalue weighted by Gasteiger charge is 2.36. The van der Waals surface area contributed by atoms with Crippen LogP contribution in [-0.4, -0.2) is 52.2 Å². The lowest BCUT2D eigenvalue weighted by Gasteiger charge is -2.35. The van der Waals surface area contributed by atoms with Crippen LogP contribution >= 0.6 is 11.8 Å². The van der Waals surface area contributed by atoms with Gasteiger partial charge in [-0.3, -0.25) is 19.3 Å². The Hall–Kier alpha value is -3.04. The average molecular weight is 473 g/mol. The molecule has 3 amide bonds. The molecule has 0 aromatic heterocycles. The number of halogens is 2. The molecule has 0 spiro atoms. The number of amides is 3. The van der Waals surface area contributed by atoms with Gasteiger partial charge in [0.2, 0.25) is 0 Å². The molecule has 0 saturated carbocycles. The molecule has 4 rings (SSSR count). The van der Waals surface area contributed by atoms with Crippen molar-refractivity contribution in [3.63, 3.8) is 0 Å². The average Bonchev–Trinajstić information content (AvgIpc) is 3.02. The molecular formula is C24H22F2N2O4S. The van der Waals surface area contributed by atoms with Crippen molar-refractivity contribution >= 4 is 34.9 Å². The standard InChI is InChI=1S/C24H22F2N2O4S/c1-14-11-27(12-15(2)32-14)22(29)17-8-6-16(7-9-17)10-21-23(30)28(24(31)33-21)13-18-19(25)4-3-5-20(18)26/h3-10,14-15H,11-13H2,1-2H3/b21-10-/t14-,15-/m1/s1. The van der Waals surface area contributed by atoms with Crippen molar-refractivity contribution in [1.82, 2.24) is 9.80 Å². The second-order valence-electron chi connectivity index (χ2n) is 8.06. The minimum atomic E-state index is -0.817. The maximum Gasteiger partial charge on any atom is 0.293 e. The Bertz CT molecular complexity index is 1110. The first-order chi connectivity index (χ1) is 15.7. The van der Waals surface area contributed by atoms with Crippen LogP contribution in [0.15, 0.2) is 47.4 Å². The molecule has 2 saturated heterocycles. The topological polar surface area (TPSA) is 66.9 Å². The largest absolute Gasteiger partial charge is 0.372 e. The van der Waals surface area contributed by atoms with Crippen LogP contribution in [0.25, 0.3) is 6.08 Å². The number of thioether (sulfide) groups is 1. The Morgan fingerprint density at radius 1 is 1.06 bits per heavy atom. The Morgan fingerprint density at radius 2 is 1.67 bits per heavy atom. The summed E-state index contributed by atoms with van der Waals surface area (Å²) in [6.07, 6.45) is 1.45. The van der Waals surface area contributed by atoms with Crippen molar-refractivity contribution in [1.29, 1.82) is 0 Å². The van der Waals surface area contributed by atoms with Crippen LogP contribution in [0.5, 0.6) is 0 Å². The Balaban J connectivity index is 1.47. The number of ether oxygens (including phenoxy) is 1. The molecule has 6 nitrogen and oxygen atoms in total. The quantitative estimate of drug-likeness (QED) is 0.615. The van der Waals surface area contributed by atoms with Gasteiger partial charge in [0.25, 0.3) is 17.1 Å². The molecule has 172 valence electrons. The molecule has 2 heterocycles. The number of carbonyl (C=O) groups excluding carboxylic acids is 3. The SMILES string of the molecule is C[C@@H]1CN(C(=O)c2ccc(/C=C3\SC(=O)N(Cc4c(F)cccc4F)C3=O)cc2)C[C@@H](C)O1. The highest BCUT2D eigenvalue weighted by Crippen LogP contribution is 2.34. The monoisotopic (exact) mass is 472 g/mol. The summed E-state index contributed by atoms with van der Waals surface area (Å²) in [7, 11) is 0. The van der Waals surface area contributed by atoms with E-state index in [2.05, 4.69) is 0 Å². The number of rotatable bonds is 4. The summed E-state index contributed by atoms with van der Waals surface area (Å²) >= 11 is 0.706. The van der Waals surface area contributed by atoms with Gasteiger partial charge in [0.05, 0.1) is 23.7 Å². The first-order valence-corrected chi connectivity index (χ1v) is 11.3. The first kappa shape index (κ1) is 23.1. The predicted molar refractivity (Wildman–Crippen MR) is 120 cm³/mol. The van der Waals surface area contributed by atoms with E-state index in [-0.39, 0.29) is 28.6 Å². The fourth-order valence-corrected chi connectivity index (χ4v) is 4.72. The van der Waals surface area contributed by atoms with Crippen LogP contribution < -0.4 is 0 Å². The fraction of sp³-hybridized carbons (Fsp3) is 0.292. The third-order valence-electron chi connectivity index (χ3n) is 5.41. The third-order valence-corrected chi connectivity index (χ3v) is 6.32. The van der Waals surface area contributed by atoms with Gasteiger partial charge >= 0.3 is 0 Å². The minimum Gasteiger partial charge on any atom is -0.372 e. The van der Waals surface area contributed by atoms with E-state index >= 15 is 0 Å². The summed E-state index contributed by atoms with van der Waals surface area (Å²) in [5.41, 5.74) is 0.796. The van der Waals surface area contributed by atoms with Gasteiger partial charge in [-0.05, 0) is 61.5 Å². The van der Waals surface area contributed by atoms with E-state index in [1.165, 1.54) is 12.1 Å². The molecule has 0 unspecified atom stereocenters. The molecule has 33 heavy (non-hydrogen) atoms. The lowest BCUT2D eigenvalue weighted by Crippen LogP contribution is -2.48. The molecule has 2 fully saturated rings. The molecule has 0 aliphatic carbocycles. The molecule has 9 heteroatoms. The molecule has 2 aromatic carbocycles. The van der Waals surface area contributed by atoms with Crippen LogP contribution in [0.4, 0.5) is 13.6 Å². The number of hydrogen-bond donors (Lipinski definition) is 0. The van der Waals surface area contributed by atoms with Crippen molar-refractivity contribution in [2.24, 2.45) is 0 Å². The van der Waals surface area contributed by atoms with Crippen molar-refractivity contribution in [3.8, 4) is 0 Å². The van der Waals surface area contributed by atoms with E-state index in [1.807, 2.05) is 13.8 Å². The zero-order valence-corrected chi connectivity index (χ0v) is 18.9. The summed E-state index contributed by atoms with van der Waals surface area (Å²) in [6, 6.07) is 10.1. The van der Waals surface area contributed by atoms with Crippen LogP contribution in [0.3, 0.4) is 0 Å². The summed E-state index contributed by atoms with van der Waals surface area (Å²) in [6.45, 7) is 4.39. The summed E-state index contributed by atoms with van der Waals surface area (Å²) < 4.78 is 33.5. The highest BCUT2D eigenvalue weighted by molar-refractivity contribution is 8.18. The van der Waals surface area contributed by atoms with Crippen molar-refractivity contribution in [3.05, 3.63) is 75.7 Å². The van der Waals surface area contributed by atoms with E-state index in [1.54, 1.807) is 29.2 Å². The van der Waals surface area contributed by atoms with E-state index in [0.717, 1.165) is 17.0 Å². The number of hydrogen-bond acceptors (Lipinski definition) is 5. The lowest BCUT2D eigenvalue weighted by molar-refractivity contribution is -0.123. The maximum absolute atomic E-state index is 13.9. The number of carbonyl (C=O) groups is 3. The Labute approximate surface area is 194 Å². The van der Waals surface area contributed by atoms with Gasteiger partial charge in [-0.15, -0.1) is 0 Å². The fourth-order valence-electron chi connectivity index (χ4n) is 3.88. The normalized spacial score (nSPS) is 22.4. The van der Waals surface area contributed by atoms with Gasteiger partial charge in [-0.2, -0.15) is 0 Å². The maximum atomic E-state index is 13.9. The summed E-state index contributed by atoms with van der Waals surface area (Å²) in [4.78, 5) is 40.5. The number of morpholine rings is 1. The van der Waals surface area contributed by atoms with Crippen LogP contribution in [-0.2, 0) is 16.1 Å². The van der Waals surface area contributed by atoms with Gasteiger partial charge in [0.15, 0.2) is 0 Å². The second kappa shape index (κ2) is 9.44. The van der Waals surface area contributed by atoms with Gasteiger partial charge in [0.1, 0.15) is 11.6 Å². The zero-order valence-electron chi connectivity index (χ0n) is 18.1. The number of nitrogens with zero attached hydrogens (tertiary/aromatic N) is 2. The minimum absolute atomic E-state index is 0.0366. The van der Waals surface area contributed by atoms with E-state index in [9.17, 15) is 23.2 Å². The van der Waals surface area contributed by atoms with Gasteiger partial charge in [-0.25, -0.2) is 8.78 Å². The molecule has 2 aliphatic rings.